The Morgan fingerprint density at radius 3 is 2.27 bits per heavy atom. The van der Waals surface area contributed by atoms with Crippen molar-refractivity contribution in [1.82, 2.24) is 5.32 Å². The van der Waals surface area contributed by atoms with E-state index in [0.29, 0.717) is 5.56 Å². The van der Waals surface area contributed by atoms with Crippen LogP contribution in [0.5, 0.6) is 0 Å². The quantitative estimate of drug-likeness (QED) is 0.909. The number of hydrogen-bond donors (Lipinski definition) is 1. The SMILES string of the molecule is CNC(=O)CC(c1ccccc1)c1cccc(C(F)(F)F)c1. The van der Waals surface area contributed by atoms with Crippen molar-refractivity contribution in [3.05, 3.63) is 71.3 Å². The first-order valence-electron chi connectivity index (χ1n) is 6.84. The van der Waals surface area contributed by atoms with Gasteiger partial charge >= 0.3 is 6.18 Å². The molecular formula is C17H16F3NO. The predicted molar refractivity (Wildman–Crippen MR) is 78.4 cm³/mol. The number of carbonyl (C=O) groups excluding carboxylic acids is 1. The summed E-state index contributed by atoms with van der Waals surface area (Å²) in [5.74, 6) is -0.630. The molecule has 0 heterocycles. The maximum atomic E-state index is 12.9. The summed E-state index contributed by atoms with van der Waals surface area (Å²) in [5.41, 5.74) is 0.581. The van der Waals surface area contributed by atoms with E-state index in [1.807, 2.05) is 18.2 Å². The molecular weight excluding hydrogens is 291 g/mol. The standard InChI is InChI=1S/C17H16F3NO/c1-21-16(22)11-15(12-6-3-2-4-7-12)13-8-5-9-14(10-13)17(18,19)20/h2-10,15H,11H2,1H3,(H,21,22). The van der Waals surface area contributed by atoms with Gasteiger partial charge in [-0.3, -0.25) is 4.79 Å². The Morgan fingerprint density at radius 1 is 1.05 bits per heavy atom. The van der Waals surface area contributed by atoms with E-state index in [0.717, 1.165) is 17.7 Å². The maximum Gasteiger partial charge on any atom is 0.416 e. The molecule has 2 rings (SSSR count). The molecule has 22 heavy (non-hydrogen) atoms. The second kappa shape index (κ2) is 6.64. The van der Waals surface area contributed by atoms with Crippen LogP contribution in [0.3, 0.4) is 0 Å². The van der Waals surface area contributed by atoms with Crippen molar-refractivity contribution < 1.29 is 18.0 Å². The molecule has 0 aromatic heterocycles. The Kier molecular flexibility index (Phi) is 4.85. The van der Waals surface area contributed by atoms with E-state index in [2.05, 4.69) is 5.32 Å². The zero-order valence-corrected chi connectivity index (χ0v) is 12.0. The van der Waals surface area contributed by atoms with Crippen LogP contribution < -0.4 is 5.32 Å². The van der Waals surface area contributed by atoms with Gasteiger partial charge in [0.25, 0.3) is 0 Å². The van der Waals surface area contributed by atoms with Crippen LogP contribution in [-0.4, -0.2) is 13.0 Å². The molecule has 0 aliphatic rings. The van der Waals surface area contributed by atoms with E-state index in [4.69, 9.17) is 0 Å². The number of rotatable bonds is 4. The normalized spacial score (nSPS) is 12.7. The third-order valence-electron chi connectivity index (χ3n) is 3.49. The summed E-state index contributed by atoms with van der Waals surface area (Å²) in [5, 5.41) is 2.52. The third kappa shape index (κ3) is 3.87. The average Bonchev–Trinajstić information content (AvgIpc) is 2.52. The summed E-state index contributed by atoms with van der Waals surface area (Å²) >= 11 is 0. The molecule has 2 aromatic rings. The molecule has 2 nitrogen and oxygen atoms in total. The number of halogens is 3. The van der Waals surface area contributed by atoms with Crippen LogP contribution in [0.1, 0.15) is 29.0 Å². The number of hydrogen-bond acceptors (Lipinski definition) is 1. The minimum atomic E-state index is -4.40. The van der Waals surface area contributed by atoms with Crippen LogP contribution in [0.25, 0.3) is 0 Å². The van der Waals surface area contributed by atoms with Crippen LogP contribution >= 0.6 is 0 Å². The minimum Gasteiger partial charge on any atom is -0.359 e. The molecule has 0 bridgehead atoms. The summed E-state index contributed by atoms with van der Waals surface area (Å²) in [6.07, 6.45) is -4.30. The lowest BCUT2D eigenvalue weighted by molar-refractivity contribution is -0.137. The molecule has 0 aliphatic carbocycles. The van der Waals surface area contributed by atoms with E-state index < -0.39 is 17.7 Å². The molecule has 1 N–H and O–H groups in total. The van der Waals surface area contributed by atoms with Gasteiger partial charge in [0.05, 0.1) is 5.56 Å². The van der Waals surface area contributed by atoms with Gasteiger partial charge in [-0.15, -0.1) is 0 Å². The topological polar surface area (TPSA) is 29.1 Å². The Hall–Kier alpha value is -2.30. The fourth-order valence-electron chi connectivity index (χ4n) is 2.33. The second-order valence-corrected chi connectivity index (χ2v) is 4.96. The molecule has 1 amide bonds. The van der Waals surface area contributed by atoms with Crippen molar-refractivity contribution in [2.24, 2.45) is 0 Å². The first kappa shape index (κ1) is 16.1. The Balaban J connectivity index is 2.43. The minimum absolute atomic E-state index is 0.0990. The molecule has 0 saturated carbocycles. The highest BCUT2D eigenvalue weighted by atomic mass is 19.4. The summed E-state index contributed by atoms with van der Waals surface area (Å²) in [6, 6.07) is 14.2. The smallest absolute Gasteiger partial charge is 0.359 e. The van der Waals surface area contributed by atoms with Gasteiger partial charge in [0.2, 0.25) is 5.91 Å². The van der Waals surface area contributed by atoms with Gasteiger partial charge in [-0.05, 0) is 17.2 Å². The van der Waals surface area contributed by atoms with Gasteiger partial charge in [0.1, 0.15) is 0 Å². The van der Waals surface area contributed by atoms with Gasteiger partial charge in [0, 0.05) is 19.4 Å². The molecule has 0 aliphatic heterocycles. The van der Waals surface area contributed by atoms with Crippen molar-refractivity contribution >= 4 is 5.91 Å². The van der Waals surface area contributed by atoms with Gasteiger partial charge < -0.3 is 5.32 Å². The lowest BCUT2D eigenvalue weighted by Gasteiger charge is -2.18. The Morgan fingerprint density at radius 2 is 1.68 bits per heavy atom. The van der Waals surface area contributed by atoms with Gasteiger partial charge in [-0.25, -0.2) is 0 Å². The van der Waals surface area contributed by atoms with Crippen LogP contribution in [0.4, 0.5) is 13.2 Å². The van der Waals surface area contributed by atoms with Crippen molar-refractivity contribution in [2.75, 3.05) is 7.05 Å². The highest BCUT2D eigenvalue weighted by Crippen LogP contribution is 2.34. The van der Waals surface area contributed by atoms with Gasteiger partial charge in [-0.1, -0.05) is 48.5 Å². The van der Waals surface area contributed by atoms with Crippen LogP contribution in [0.2, 0.25) is 0 Å². The Bertz CT molecular complexity index is 638. The van der Waals surface area contributed by atoms with E-state index in [1.165, 1.54) is 13.1 Å². The molecule has 0 radical (unpaired) electrons. The lowest BCUT2D eigenvalue weighted by atomic mass is 9.87. The number of amides is 1. The van der Waals surface area contributed by atoms with Crippen molar-refractivity contribution in [3.63, 3.8) is 0 Å². The van der Waals surface area contributed by atoms with E-state index in [1.54, 1.807) is 18.2 Å². The molecule has 1 unspecified atom stereocenters. The molecule has 0 spiro atoms. The molecule has 2 aromatic carbocycles. The first-order valence-corrected chi connectivity index (χ1v) is 6.84. The predicted octanol–water partition coefficient (Wildman–Crippen LogP) is 3.97. The highest BCUT2D eigenvalue weighted by molar-refractivity contribution is 5.77. The molecule has 116 valence electrons. The summed E-state index contributed by atoms with van der Waals surface area (Å²) in [4.78, 5) is 11.7. The zero-order valence-electron chi connectivity index (χ0n) is 12.0. The van der Waals surface area contributed by atoms with Gasteiger partial charge in [0.15, 0.2) is 0 Å². The monoisotopic (exact) mass is 307 g/mol. The summed E-state index contributed by atoms with van der Waals surface area (Å²) in [7, 11) is 1.51. The van der Waals surface area contributed by atoms with E-state index in [-0.39, 0.29) is 12.3 Å². The van der Waals surface area contributed by atoms with Crippen LogP contribution in [-0.2, 0) is 11.0 Å². The number of carbonyl (C=O) groups is 1. The number of benzene rings is 2. The fourth-order valence-corrected chi connectivity index (χ4v) is 2.33. The van der Waals surface area contributed by atoms with E-state index in [9.17, 15) is 18.0 Å². The lowest BCUT2D eigenvalue weighted by Crippen LogP contribution is -2.21. The third-order valence-corrected chi connectivity index (χ3v) is 3.49. The van der Waals surface area contributed by atoms with Crippen LogP contribution in [0, 0.1) is 0 Å². The first-order chi connectivity index (χ1) is 10.4. The highest BCUT2D eigenvalue weighted by Gasteiger charge is 2.31. The molecule has 0 saturated heterocycles. The molecule has 1 atom stereocenters. The maximum absolute atomic E-state index is 12.9. The molecule has 0 fully saturated rings. The fraction of sp³-hybridized carbons (Fsp3) is 0.235. The van der Waals surface area contributed by atoms with Crippen LogP contribution in [0.15, 0.2) is 54.6 Å². The Labute approximate surface area is 127 Å². The average molecular weight is 307 g/mol. The number of nitrogens with one attached hydrogen (secondary N) is 1. The summed E-state index contributed by atoms with van der Waals surface area (Å²) in [6.45, 7) is 0. The van der Waals surface area contributed by atoms with Crippen molar-refractivity contribution in [1.29, 1.82) is 0 Å². The summed E-state index contributed by atoms with van der Waals surface area (Å²) < 4.78 is 38.6. The largest absolute Gasteiger partial charge is 0.416 e. The van der Waals surface area contributed by atoms with Crippen molar-refractivity contribution in [2.45, 2.75) is 18.5 Å². The molecule has 5 heteroatoms. The second-order valence-electron chi connectivity index (χ2n) is 4.96. The van der Waals surface area contributed by atoms with Gasteiger partial charge in [-0.2, -0.15) is 13.2 Å². The van der Waals surface area contributed by atoms with Crippen molar-refractivity contribution in [3.8, 4) is 0 Å². The zero-order chi connectivity index (χ0) is 16.2. The van der Waals surface area contributed by atoms with E-state index >= 15 is 0 Å². The number of alkyl halides is 3.